The van der Waals surface area contributed by atoms with Crippen LogP contribution >= 0.6 is 0 Å². The third-order valence-electron chi connectivity index (χ3n) is 7.69. The number of aromatic nitrogens is 4. The number of anilines is 3. The van der Waals surface area contributed by atoms with E-state index >= 15 is 0 Å². The Balaban J connectivity index is 1.18. The Morgan fingerprint density at radius 3 is 2.22 bits per heavy atom. The summed E-state index contributed by atoms with van der Waals surface area (Å²) in [4.78, 5) is 49.5. The van der Waals surface area contributed by atoms with Crippen molar-refractivity contribution in [2.45, 2.75) is 56.9 Å². The molecule has 0 saturated heterocycles. The molecular formula is C31H37N9O5. The minimum atomic E-state index is -1.12. The van der Waals surface area contributed by atoms with E-state index in [9.17, 15) is 24.6 Å². The maximum atomic E-state index is 12.6. The molecule has 1 aliphatic rings. The van der Waals surface area contributed by atoms with E-state index in [4.69, 9.17) is 5.73 Å². The second kappa shape index (κ2) is 14.2. The molecule has 2 heterocycles. The number of aliphatic hydroxyl groups is 2. The van der Waals surface area contributed by atoms with Gasteiger partial charge in [-0.2, -0.15) is 0 Å². The molecule has 2 aromatic carbocycles. The third kappa shape index (κ3) is 7.60. The number of benzene rings is 2. The first-order chi connectivity index (χ1) is 21.7. The van der Waals surface area contributed by atoms with Gasteiger partial charge in [-0.15, -0.1) is 0 Å². The van der Waals surface area contributed by atoms with Gasteiger partial charge in [-0.1, -0.05) is 31.2 Å². The largest absolute Gasteiger partial charge is 0.388 e. The van der Waals surface area contributed by atoms with Gasteiger partial charge in [0, 0.05) is 30.9 Å². The van der Waals surface area contributed by atoms with Gasteiger partial charge in [-0.3, -0.25) is 14.4 Å². The summed E-state index contributed by atoms with van der Waals surface area (Å²) in [6.07, 6.45) is 1.72. The van der Waals surface area contributed by atoms with E-state index in [2.05, 4.69) is 36.2 Å². The highest BCUT2D eigenvalue weighted by molar-refractivity contribution is 5.92. The van der Waals surface area contributed by atoms with Crippen LogP contribution in [-0.4, -0.2) is 78.8 Å². The fourth-order valence-electron chi connectivity index (χ4n) is 5.32. The van der Waals surface area contributed by atoms with Gasteiger partial charge in [0.25, 0.3) is 0 Å². The van der Waals surface area contributed by atoms with Gasteiger partial charge in [-0.05, 0) is 41.8 Å². The molecule has 2 aromatic heterocycles. The zero-order valence-electron chi connectivity index (χ0n) is 24.8. The summed E-state index contributed by atoms with van der Waals surface area (Å²) in [5, 5.41) is 32.8. The Morgan fingerprint density at radius 2 is 1.56 bits per heavy atom. The lowest BCUT2D eigenvalue weighted by atomic mass is 10.1. The van der Waals surface area contributed by atoms with E-state index in [1.807, 2.05) is 24.3 Å². The molecule has 1 saturated carbocycles. The Bertz CT molecular complexity index is 1640. The van der Waals surface area contributed by atoms with Gasteiger partial charge in [-0.25, -0.2) is 15.0 Å². The van der Waals surface area contributed by atoms with Crippen LogP contribution in [-0.2, 0) is 27.2 Å². The first-order valence-electron chi connectivity index (χ1n) is 14.8. The van der Waals surface area contributed by atoms with Gasteiger partial charge in [0.05, 0.1) is 31.3 Å². The van der Waals surface area contributed by atoms with Crippen LogP contribution in [0, 0.1) is 0 Å². The van der Waals surface area contributed by atoms with Crippen molar-refractivity contribution in [3.8, 4) is 0 Å². The molecule has 0 spiro atoms. The van der Waals surface area contributed by atoms with Crippen LogP contribution in [0.3, 0.4) is 0 Å². The van der Waals surface area contributed by atoms with Gasteiger partial charge >= 0.3 is 0 Å². The van der Waals surface area contributed by atoms with Crippen molar-refractivity contribution in [1.82, 2.24) is 30.2 Å². The van der Waals surface area contributed by atoms with Crippen molar-refractivity contribution < 1.29 is 24.6 Å². The van der Waals surface area contributed by atoms with Crippen molar-refractivity contribution in [2.24, 2.45) is 5.73 Å². The average Bonchev–Trinajstić information content (AvgIpc) is 3.59. The molecule has 8 N–H and O–H groups in total. The number of rotatable bonds is 12. The van der Waals surface area contributed by atoms with Crippen molar-refractivity contribution in [3.05, 3.63) is 72.3 Å². The second-order valence-corrected chi connectivity index (χ2v) is 10.9. The maximum absolute atomic E-state index is 12.6. The molecule has 236 valence electrons. The van der Waals surface area contributed by atoms with Crippen LogP contribution in [0.4, 0.5) is 17.2 Å². The fraction of sp³-hybridized carbons (Fsp3) is 0.355. The first-order valence-corrected chi connectivity index (χ1v) is 14.8. The van der Waals surface area contributed by atoms with Crippen LogP contribution in [0.1, 0.15) is 36.9 Å². The fourth-order valence-corrected chi connectivity index (χ4v) is 5.32. The van der Waals surface area contributed by atoms with E-state index in [1.165, 1.54) is 6.33 Å². The quantitative estimate of drug-likeness (QED) is 0.120. The lowest BCUT2D eigenvalue weighted by Gasteiger charge is -2.18. The minimum Gasteiger partial charge on any atom is -0.388 e. The predicted molar refractivity (Wildman–Crippen MR) is 167 cm³/mol. The summed E-state index contributed by atoms with van der Waals surface area (Å²) in [7, 11) is 0. The number of hydrogen-bond acceptors (Lipinski definition) is 10. The molecule has 4 aromatic rings. The monoisotopic (exact) mass is 615 g/mol. The van der Waals surface area contributed by atoms with Gasteiger partial charge < -0.3 is 41.8 Å². The Labute approximate surface area is 259 Å². The molecular weight excluding hydrogens is 578 g/mol. The normalized spacial score (nSPS) is 19.3. The zero-order chi connectivity index (χ0) is 31.9. The molecule has 3 amide bonds. The molecule has 45 heavy (non-hydrogen) atoms. The van der Waals surface area contributed by atoms with Crippen molar-refractivity contribution in [1.29, 1.82) is 0 Å². The molecule has 4 atom stereocenters. The highest BCUT2D eigenvalue weighted by Gasteiger charge is 2.43. The molecule has 1 aliphatic carbocycles. The smallest absolute Gasteiger partial charge is 0.228 e. The summed E-state index contributed by atoms with van der Waals surface area (Å²) in [6, 6.07) is 13.3. The lowest BCUT2D eigenvalue weighted by molar-refractivity contribution is -0.122. The summed E-state index contributed by atoms with van der Waals surface area (Å²) < 4.78 is 1.70. The second-order valence-electron chi connectivity index (χ2n) is 10.9. The lowest BCUT2D eigenvalue weighted by Crippen LogP contribution is -2.42. The van der Waals surface area contributed by atoms with E-state index in [1.54, 1.807) is 42.1 Å². The van der Waals surface area contributed by atoms with E-state index in [0.29, 0.717) is 42.2 Å². The Hall–Kier alpha value is -4.92. The average molecular weight is 616 g/mol. The van der Waals surface area contributed by atoms with Crippen molar-refractivity contribution >= 4 is 46.1 Å². The van der Waals surface area contributed by atoms with E-state index in [0.717, 1.165) is 16.8 Å². The number of nitrogens with one attached hydrogen (secondary N) is 4. The van der Waals surface area contributed by atoms with E-state index in [-0.39, 0.29) is 37.0 Å². The summed E-state index contributed by atoms with van der Waals surface area (Å²) in [5.41, 5.74) is 9.35. The molecule has 0 aliphatic heterocycles. The minimum absolute atomic E-state index is 0.105. The maximum Gasteiger partial charge on any atom is 0.228 e. The SMILES string of the molecule is CCC(=O)N[C@H]1C[C@@H](n2cnc3c(Nc4ccc(CC(=O)Nc5ccc(CC(=O)NCCN)cc5)cc4)ncnc32)[C@H](O)[C@@H]1O. The van der Waals surface area contributed by atoms with Crippen molar-refractivity contribution in [2.75, 3.05) is 23.7 Å². The summed E-state index contributed by atoms with van der Waals surface area (Å²) in [6.45, 7) is 2.54. The topological polar surface area (TPSA) is 209 Å². The zero-order valence-corrected chi connectivity index (χ0v) is 24.8. The number of hydrogen-bond donors (Lipinski definition) is 7. The molecule has 0 unspecified atom stereocenters. The number of carbonyl (C=O) groups excluding carboxylic acids is 3. The van der Waals surface area contributed by atoms with Crippen LogP contribution in [0.2, 0.25) is 0 Å². The molecule has 14 heteroatoms. The van der Waals surface area contributed by atoms with Crippen LogP contribution < -0.4 is 27.0 Å². The highest BCUT2D eigenvalue weighted by atomic mass is 16.3. The van der Waals surface area contributed by atoms with Crippen LogP contribution in [0.25, 0.3) is 11.2 Å². The number of imidazole rings is 1. The summed E-state index contributed by atoms with van der Waals surface area (Å²) in [5.74, 6) is -0.0287. The number of aliphatic hydroxyl groups excluding tert-OH is 2. The van der Waals surface area contributed by atoms with Crippen molar-refractivity contribution in [3.63, 3.8) is 0 Å². The standard InChI is InChI=1S/C31H37N9O5/c1-2-24(41)39-22-15-23(29(45)28(22)44)40-17-36-27-30(34-16-35-31(27)40)38-21-9-5-19(6-10-21)14-26(43)37-20-7-3-18(4-8-20)13-25(42)33-12-11-32/h3-10,16-17,22-23,28-29,44-45H,2,11-15,32H2,1H3,(H,33,42)(H,37,43)(H,39,41)(H,34,35,38)/t22-,23+,28+,29-/m0/s1. The first kappa shape index (κ1) is 31.5. The molecule has 14 nitrogen and oxygen atoms in total. The number of nitrogens with two attached hydrogens (primary N) is 1. The van der Waals surface area contributed by atoms with Crippen LogP contribution in [0.15, 0.2) is 61.2 Å². The number of nitrogens with zero attached hydrogens (tertiary/aromatic N) is 4. The van der Waals surface area contributed by atoms with Gasteiger partial charge in [0.2, 0.25) is 17.7 Å². The van der Waals surface area contributed by atoms with E-state index < -0.39 is 24.3 Å². The number of amides is 3. The van der Waals surface area contributed by atoms with Gasteiger partial charge in [0.15, 0.2) is 17.0 Å². The Morgan fingerprint density at radius 1 is 0.889 bits per heavy atom. The van der Waals surface area contributed by atoms with Gasteiger partial charge in [0.1, 0.15) is 18.5 Å². The molecule has 5 rings (SSSR count). The van der Waals surface area contributed by atoms with Crippen LogP contribution in [0.5, 0.6) is 0 Å². The predicted octanol–water partition coefficient (Wildman–Crippen LogP) is 0.930. The molecule has 0 bridgehead atoms. The highest BCUT2D eigenvalue weighted by Crippen LogP contribution is 2.34. The summed E-state index contributed by atoms with van der Waals surface area (Å²) >= 11 is 0. The molecule has 0 radical (unpaired) electrons. The third-order valence-corrected chi connectivity index (χ3v) is 7.69. The Kier molecular flexibility index (Phi) is 9.97. The number of fused-ring (bicyclic) bond motifs is 1. The number of carbonyl (C=O) groups is 3. The molecule has 1 fully saturated rings.